The van der Waals surface area contributed by atoms with Crippen molar-refractivity contribution in [3.8, 4) is 0 Å². The van der Waals surface area contributed by atoms with Crippen LogP contribution in [0.1, 0.15) is 30.1 Å². The molecule has 0 unspecified atom stereocenters. The van der Waals surface area contributed by atoms with Crippen molar-refractivity contribution in [1.82, 2.24) is 4.98 Å². The first-order valence-electron chi connectivity index (χ1n) is 10.7. The molecule has 3 heteroatoms. The van der Waals surface area contributed by atoms with Gasteiger partial charge in [0.05, 0.1) is 18.6 Å². The van der Waals surface area contributed by atoms with Gasteiger partial charge in [0.25, 0.3) is 0 Å². The van der Waals surface area contributed by atoms with E-state index in [-0.39, 0.29) is 6.04 Å². The van der Waals surface area contributed by atoms with Crippen molar-refractivity contribution >= 4 is 10.9 Å². The van der Waals surface area contributed by atoms with Crippen LogP contribution in [0.25, 0.3) is 10.9 Å². The van der Waals surface area contributed by atoms with Crippen LogP contribution in [-0.4, -0.2) is 33.7 Å². The fraction of sp³-hybridized carbons (Fsp3) is 0.346. The highest BCUT2D eigenvalue weighted by Gasteiger charge is 2.53. The van der Waals surface area contributed by atoms with Crippen LogP contribution in [0.5, 0.6) is 0 Å². The third kappa shape index (κ3) is 3.19. The Kier molecular flexibility index (Phi) is 4.73. The van der Waals surface area contributed by atoms with Gasteiger partial charge < -0.3 is 9.59 Å². The molecule has 2 aromatic carbocycles. The van der Waals surface area contributed by atoms with Crippen LogP contribution in [0.3, 0.4) is 0 Å². The van der Waals surface area contributed by atoms with E-state index < -0.39 is 6.10 Å². The fourth-order valence-electron chi connectivity index (χ4n) is 5.91. The van der Waals surface area contributed by atoms with Gasteiger partial charge in [-0.1, -0.05) is 54.6 Å². The number of aromatic nitrogens is 1. The molecule has 148 valence electrons. The number of fused-ring (bicyclic) bond motifs is 4. The first-order valence-corrected chi connectivity index (χ1v) is 10.7. The second kappa shape index (κ2) is 7.40. The molecule has 6 rings (SSSR count). The molecule has 3 saturated heterocycles. The molecule has 29 heavy (non-hydrogen) atoms. The average Bonchev–Trinajstić information content (AvgIpc) is 2.78. The highest BCUT2D eigenvalue weighted by atomic mass is 16.3. The van der Waals surface area contributed by atoms with Gasteiger partial charge in [0, 0.05) is 35.9 Å². The van der Waals surface area contributed by atoms with E-state index in [1.807, 2.05) is 30.5 Å². The predicted molar refractivity (Wildman–Crippen MR) is 117 cm³/mol. The largest absolute Gasteiger partial charge is 0.382 e. The SMILES string of the molecule is C=C[C@@H]1C[N@+]2(Cc3ccccc3)CC[C@H]1C[C@@H]2[C@H](O)c1ccnc2ccccc12. The van der Waals surface area contributed by atoms with Gasteiger partial charge in [-0.25, -0.2) is 0 Å². The summed E-state index contributed by atoms with van der Waals surface area (Å²) in [6.07, 6.45) is 5.79. The van der Waals surface area contributed by atoms with Crippen LogP contribution in [0, 0.1) is 11.8 Å². The number of piperidine rings is 3. The summed E-state index contributed by atoms with van der Waals surface area (Å²) in [5, 5.41) is 12.8. The molecule has 1 N–H and O–H groups in total. The molecule has 1 aromatic heterocycles. The molecule has 5 atom stereocenters. The zero-order valence-corrected chi connectivity index (χ0v) is 16.8. The summed E-state index contributed by atoms with van der Waals surface area (Å²) in [6.45, 7) is 7.32. The predicted octanol–water partition coefficient (Wildman–Crippen LogP) is 4.88. The highest BCUT2D eigenvalue weighted by Crippen LogP contribution is 2.47. The maximum atomic E-state index is 11.7. The van der Waals surface area contributed by atoms with E-state index in [4.69, 9.17) is 0 Å². The molecule has 2 bridgehead atoms. The molecule has 0 aliphatic carbocycles. The minimum atomic E-state index is -0.486. The zero-order chi connectivity index (χ0) is 19.8. The number of aliphatic hydroxyl groups excluding tert-OH is 1. The summed E-state index contributed by atoms with van der Waals surface area (Å²) in [5.41, 5.74) is 3.33. The van der Waals surface area contributed by atoms with Crippen molar-refractivity contribution in [2.75, 3.05) is 13.1 Å². The van der Waals surface area contributed by atoms with Crippen LogP contribution < -0.4 is 0 Å². The number of aliphatic hydroxyl groups is 1. The lowest BCUT2D eigenvalue weighted by molar-refractivity contribution is -0.984. The normalized spacial score (nSPS) is 29.6. The Balaban J connectivity index is 1.56. The van der Waals surface area contributed by atoms with E-state index in [1.165, 1.54) is 12.0 Å². The van der Waals surface area contributed by atoms with Gasteiger partial charge in [0.2, 0.25) is 0 Å². The van der Waals surface area contributed by atoms with Crippen molar-refractivity contribution < 1.29 is 9.59 Å². The van der Waals surface area contributed by atoms with Gasteiger partial charge in [0.15, 0.2) is 0 Å². The van der Waals surface area contributed by atoms with Crippen LogP contribution in [-0.2, 0) is 6.54 Å². The van der Waals surface area contributed by atoms with Gasteiger partial charge >= 0.3 is 0 Å². The third-order valence-corrected chi connectivity index (χ3v) is 7.38. The number of benzene rings is 2. The van der Waals surface area contributed by atoms with E-state index >= 15 is 0 Å². The smallest absolute Gasteiger partial charge is 0.131 e. The Morgan fingerprint density at radius 1 is 1.10 bits per heavy atom. The lowest BCUT2D eigenvalue weighted by atomic mass is 9.71. The van der Waals surface area contributed by atoms with Gasteiger partial charge in [-0.15, -0.1) is 6.58 Å². The number of pyridine rings is 1. The Hall–Kier alpha value is -2.49. The van der Waals surface area contributed by atoms with E-state index in [0.717, 1.165) is 47.0 Å². The first kappa shape index (κ1) is 18.5. The molecule has 3 fully saturated rings. The molecule has 3 aliphatic heterocycles. The molecule has 0 saturated carbocycles. The van der Waals surface area contributed by atoms with E-state index in [1.54, 1.807) is 0 Å². The van der Waals surface area contributed by atoms with Gasteiger partial charge in [-0.05, 0) is 23.6 Å². The molecule has 3 aliphatic rings. The lowest BCUT2D eigenvalue weighted by Gasteiger charge is -2.58. The third-order valence-electron chi connectivity index (χ3n) is 7.38. The van der Waals surface area contributed by atoms with Gasteiger partial charge in [-0.2, -0.15) is 0 Å². The lowest BCUT2D eigenvalue weighted by Crippen LogP contribution is -2.67. The molecule has 0 radical (unpaired) electrons. The number of hydrogen-bond donors (Lipinski definition) is 1. The second-order valence-corrected chi connectivity index (χ2v) is 8.88. The Labute approximate surface area is 172 Å². The molecular weight excluding hydrogens is 356 g/mol. The van der Waals surface area contributed by atoms with Crippen molar-refractivity contribution in [2.45, 2.75) is 31.5 Å². The van der Waals surface area contributed by atoms with Crippen LogP contribution in [0.15, 0.2) is 79.5 Å². The van der Waals surface area contributed by atoms with Crippen LogP contribution in [0.4, 0.5) is 0 Å². The molecule has 0 amide bonds. The summed E-state index contributed by atoms with van der Waals surface area (Å²) in [7, 11) is 0. The maximum Gasteiger partial charge on any atom is 0.131 e. The number of rotatable bonds is 5. The minimum absolute atomic E-state index is 0.205. The van der Waals surface area contributed by atoms with Crippen LogP contribution in [0.2, 0.25) is 0 Å². The average molecular weight is 386 g/mol. The molecule has 4 heterocycles. The number of quaternary nitrogens is 1. The Morgan fingerprint density at radius 3 is 2.72 bits per heavy atom. The molecule has 0 spiro atoms. The summed E-state index contributed by atoms with van der Waals surface area (Å²) in [4.78, 5) is 4.50. The molecule has 3 aromatic rings. The molecular formula is C26H29N2O+. The summed E-state index contributed by atoms with van der Waals surface area (Å²) < 4.78 is 0.953. The van der Waals surface area contributed by atoms with E-state index in [9.17, 15) is 5.11 Å². The van der Waals surface area contributed by atoms with E-state index in [0.29, 0.717) is 11.8 Å². The summed E-state index contributed by atoms with van der Waals surface area (Å²) in [6, 6.07) is 21.2. The Bertz CT molecular complexity index is 1010. The van der Waals surface area contributed by atoms with Crippen molar-refractivity contribution in [2.24, 2.45) is 11.8 Å². The summed E-state index contributed by atoms with van der Waals surface area (Å²) in [5.74, 6) is 1.18. The number of para-hydroxylation sites is 1. The monoisotopic (exact) mass is 385 g/mol. The van der Waals surface area contributed by atoms with Crippen molar-refractivity contribution in [3.05, 3.63) is 90.6 Å². The van der Waals surface area contributed by atoms with Gasteiger partial charge in [-0.3, -0.25) is 4.98 Å². The zero-order valence-electron chi connectivity index (χ0n) is 16.8. The second-order valence-electron chi connectivity index (χ2n) is 8.88. The minimum Gasteiger partial charge on any atom is -0.382 e. The number of hydrogen-bond acceptors (Lipinski definition) is 2. The molecule has 3 nitrogen and oxygen atoms in total. The topological polar surface area (TPSA) is 33.1 Å². The fourth-order valence-corrected chi connectivity index (χ4v) is 5.91. The van der Waals surface area contributed by atoms with Crippen LogP contribution >= 0.6 is 0 Å². The quantitative estimate of drug-likeness (QED) is 0.502. The van der Waals surface area contributed by atoms with Crippen molar-refractivity contribution in [1.29, 1.82) is 0 Å². The maximum absolute atomic E-state index is 11.7. The Morgan fingerprint density at radius 2 is 1.90 bits per heavy atom. The highest BCUT2D eigenvalue weighted by molar-refractivity contribution is 5.82. The first-order chi connectivity index (χ1) is 14.2. The van der Waals surface area contributed by atoms with Crippen molar-refractivity contribution in [3.63, 3.8) is 0 Å². The van der Waals surface area contributed by atoms with Gasteiger partial charge in [0.1, 0.15) is 18.7 Å². The standard InChI is InChI=1S/C26H29N2O/c1-2-20-18-28(17-19-8-4-3-5-9-19)15-13-21(20)16-25(28)26(29)23-12-14-27-24-11-7-6-10-22(23)24/h2-12,14,20-21,25-26,29H,1,13,15-18H2/q+1/t20-,21+,25-,26-,28-/m1/s1. The van der Waals surface area contributed by atoms with E-state index in [2.05, 4.69) is 54.0 Å². The summed E-state index contributed by atoms with van der Waals surface area (Å²) >= 11 is 0. The number of nitrogens with zero attached hydrogens (tertiary/aromatic N) is 2.